The van der Waals surface area contributed by atoms with Crippen LogP contribution in [0.25, 0.3) is 10.9 Å². The number of carbonyl (C=O) groups excluding carboxylic acids is 1. The molecule has 1 aromatic heterocycles. The Bertz CT molecular complexity index is 877. The van der Waals surface area contributed by atoms with Gasteiger partial charge in [-0.1, -0.05) is 36.4 Å². The van der Waals surface area contributed by atoms with E-state index in [1.165, 1.54) is 12.1 Å². The lowest BCUT2D eigenvalue weighted by molar-refractivity contribution is -0.120. The van der Waals surface area contributed by atoms with Crippen LogP contribution < -0.4 is 10.1 Å². The fourth-order valence-electron chi connectivity index (χ4n) is 2.73. The number of benzene rings is 2. The van der Waals surface area contributed by atoms with Crippen molar-refractivity contribution >= 4 is 16.8 Å². The smallest absolute Gasteiger partial charge is 0.387 e. The number of aromatic nitrogens is 1. The van der Waals surface area contributed by atoms with Gasteiger partial charge in [-0.2, -0.15) is 8.78 Å². The van der Waals surface area contributed by atoms with Crippen molar-refractivity contribution in [3.8, 4) is 5.75 Å². The number of rotatable bonds is 7. The van der Waals surface area contributed by atoms with Crippen molar-refractivity contribution in [1.82, 2.24) is 10.3 Å². The van der Waals surface area contributed by atoms with Crippen molar-refractivity contribution in [2.45, 2.75) is 19.5 Å². The molecule has 0 bridgehead atoms. The molecule has 4 nitrogen and oxygen atoms in total. The van der Waals surface area contributed by atoms with Gasteiger partial charge in [0.05, 0.1) is 11.9 Å². The van der Waals surface area contributed by atoms with Gasteiger partial charge in [0.15, 0.2) is 0 Å². The van der Waals surface area contributed by atoms with E-state index < -0.39 is 6.61 Å². The maximum atomic E-state index is 12.2. The second-order valence-corrected chi connectivity index (χ2v) is 5.79. The molecular weight excluding hydrogens is 338 g/mol. The Morgan fingerprint density at radius 2 is 1.85 bits per heavy atom. The van der Waals surface area contributed by atoms with E-state index in [2.05, 4.69) is 15.0 Å². The van der Waals surface area contributed by atoms with E-state index in [1.54, 1.807) is 18.3 Å². The summed E-state index contributed by atoms with van der Waals surface area (Å²) in [5.41, 5.74) is 2.65. The first-order valence-corrected chi connectivity index (χ1v) is 8.25. The first kappa shape index (κ1) is 17.8. The van der Waals surface area contributed by atoms with Crippen LogP contribution in [0.5, 0.6) is 5.75 Å². The maximum absolute atomic E-state index is 12.2. The third kappa shape index (κ3) is 4.75. The first-order chi connectivity index (χ1) is 12.6. The molecule has 3 rings (SSSR count). The number of fused-ring (bicyclic) bond motifs is 1. The molecule has 0 aliphatic rings. The van der Waals surface area contributed by atoms with Crippen LogP contribution in [0.1, 0.15) is 11.1 Å². The molecule has 2 aromatic carbocycles. The number of amides is 1. The molecule has 0 aliphatic heterocycles. The molecule has 0 spiro atoms. The number of halogens is 2. The summed E-state index contributed by atoms with van der Waals surface area (Å²) < 4.78 is 28.5. The highest BCUT2D eigenvalue weighted by molar-refractivity contribution is 5.87. The zero-order valence-electron chi connectivity index (χ0n) is 14.0. The fraction of sp³-hybridized carbons (Fsp3) is 0.200. The summed E-state index contributed by atoms with van der Waals surface area (Å²) in [5.74, 6) is 0.0389. The largest absolute Gasteiger partial charge is 0.435 e. The minimum absolute atomic E-state index is 0.0826. The molecule has 0 radical (unpaired) electrons. The van der Waals surface area contributed by atoms with E-state index >= 15 is 0 Å². The van der Waals surface area contributed by atoms with Crippen LogP contribution in [0.2, 0.25) is 0 Å². The van der Waals surface area contributed by atoms with Crippen molar-refractivity contribution in [3.05, 3.63) is 71.9 Å². The Kier molecular flexibility index (Phi) is 5.73. The fourth-order valence-corrected chi connectivity index (χ4v) is 2.73. The number of nitrogens with one attached hydrogen (secondary N) is 1. The van der Waals surface area contributed by atoms with Crippen LogP contribution >= 0.6 is 0 Å². The average Bonchev–Trinajstić information content (AvgIpc) is 2.63. The molecule has 1 amide bonds. The van der Waals surface area contributed by atoms with Crippen LogP contribution in [-0.2, 0) is 17.6 Å². The second kappa shape index (κ2) is 8.38. The van der Waals surface area contributed by atoms with Crippen molar-refractivity contribution < 1.29 is 18.3 Å². The molecule has 0 saturated carbocycles. The Labute approximate surface area is 149 Å². The average molecular weight is 356 g/mol. The molecule has 1 heterocycles. The van der Waals surface area contributed by atoms with E-state index in [4.69, 9.17) is 0 Å². The summed E-state index contributed by atoms with van der Waals surface area (Å²) in [7, 11) is 0. The van der Waals surface area contributed by atoms with Crippen LogP contribution in [0.3, 0.4) is 0 Å². The third-order valence-corrected chi connectivity index (χ3v) is 3.95. The Balaban J connectivity index is 1.51. The number of nitrogens with zero attached hydrogens (tertiary/aromatic N) is 1. The van der Waals surface area contributed by atoms with Crippen LogP contribution in [0, 0.1) is 0 Å². The zero-order chi connectivity index (χ0) is 18.4. The molecule has 3 aromatic rings. The normalized spacial score (nSPS) is 10.9. The molecule has 6 heteroatoms. The van der Waals surface area contributed by atoms with Gasteiger partial charge in [0.25, 0.3) is 0 Å². The number of hydrogen-bond acceptors (Lipinski definition) is 3. The van der Waals surface area contributed by atoms with Crippen molar-refractivity contribution in [2.24, 2.45) is 0 Å². The standard InChI is InChI=1S/C20H18F2N2O2/c21-20(22)26-17-8-6-14(7-9-17)10-12-23-18(25)13-16-4-1-3-15-5-2-11-24-19(15)16/h1-9,11,20H,10,12-13H2,(H,23,25). The summed E-state index contributed by atoms with van der Waals surface area (Å²) in [5, 5.41) is 3.88. The number of para-hydroxylation sites is 1. The van der Waals surface area contributed by atoms with Gasteiger partial charge in [0, 0.05) is 18.1 Å². The van der Waals surface area contributed by atoms with Gasteiger partial charge in [0.2, 0.25) is 5.91 Å². The third-order valence-electron chi connectivity index (χ3n) is 3.95. The van der Waals surface area contributed by atoms with Gasteiger partial charge in [-0.15, -0.1) is 0 Å². The van der Waals surface area contributed by atoms with Crippen LogP contribution in [0.15, 0.2) is 60.8 Å². The van der Waals surface area contributed by atoms with Gasteiger partial charge in [-0.25, -0.2) is 0 Å². The number of pyridine rings is 1. The number of ether oxygens (including phenoxy) is 1. The molecule has 0 unspecified atom stereocenters. The molecule has 1 N–H and O–H groups in total. The highest BCUT2D eigenvalue weighted by Crippen LogP contribution is 2.17. The van der Waals surface area contributed by atoms with Gasteiger partial charge in [-0.3, -0.25) is 9.78 Å². The topological polar surface area (TPSA) is 51.2 Å². The summed E-state index contributed by atoms with van der Waals surface area (Å²) >= 11 is 0. The molecule has 26 heavy (non-hydrogen) atoms. The van der Waals surface area contributed by atoms with Crippen molar-refractivity contribution in [1.29, 1.82) is 0 Å². The van der Waals surface area contributed by atoms with Crippen LogP contribution in [0.4, 0.5) is 8.78 Å². The van der Waals surface area contributed by atoms with Gasteiger partial charge in [0.1, 0.15) is 5.75 Å². The lowest BCUT2D eigenvalue weighted by Gasteiger charge is -2.08. The van der Waals surface area contributed by atoms with E-state index in [1.807, 2.05) is 30.3 Å². The van der Waals surface area contributed by atoms with Gasteiger partial charge in [-0.05, 0) is 35.7 Å². The summed E-state index contributed by atoms with van der Waals surface area (Å²) in [4.78, 5) is 16.5. The molecule has 0 atom stereocenters. The van der Waals surface area contributed by atoms with Crippen LogP contribution in [-0.4, -0.2) is 24.0 Å². The summed E-state index contributed by atoms with van der Waals surface area (Å²) in [6.45, 7) is -2.37. The lowest BCUT2D eigenvalue weighted by Crippen LogP contribution is -2.27. The van der Waals surface area contributed by atoms with Gasteiger partial charge < -0.3 is 10.1 Å². The molecule has 0 saturated heterocycles. The SMILES string of the molecule is O=C(Cc1cccc2cccnc12)NCCc1ccc(OC(F)F)cc1. The maximum Gasteiger partial charge on any atom is 0.387 e. The quantitative estimate of drug-likeness (QED) is 0.702. The predicted molar refractivity (Wildman–Crippen MR) is 95.2 cm³/mol. The van der Waals surface area contributed by atoms with E-state index in [0.717, 1.165) is 22.0 Å². The predicted octanol–water partition coefficient (Wildman–Crippen LogP) is 3.74. The highest BCUT2D eigenvalue weighted by atomic mass is 19.3. The minimum atomic E-state index is -2.83. The number of carbonyl (C=O) groups is 1. The highest BCUT2D eigenvalue weighted by Gasteiger charge is 2.08. The minimum Gasteiger partial charge on any atom is -0.435 e. The van der Waals surface area contributed by atoms with E-state index in [9.17, 15) is 13.6 Å². The summed E-state index contributed by atoms with van der Waals surface area (Å²) in [6, 6.07) is 16.0. The van der Waals surface area contributed by atoms with E-state index in [-0.39, 0.29) is 18.1 Å². The molecule has 0 aliphatic carbocycles. The molecule has 134 valence electrons. The zero-order valence-corrected chi connectivity index (χ0v) is 14.0. The lowest BCUT2D eigenvalue weighted by atomic mass is 10.1. The van der Waals surface area contributed by atoms with Crippen molar-refractivity contribution in [3.63, 3.8) is 0 Å². The first-order valence-electron chi connectivity index (χ1n) is 8.25. The van der Waals surface area contributed by atoms with Crippen molar-refractivity contribution in [2.75, 3.05) is 6.54 Å². The number of alkyl halides is 2. The monoisotopic (exact) mass is 356 g/mol. The Morgan fingerprint density at radius 3 is 2.62 bits per heavy atom. The Morgan fingerprint density at radius 1 is 1.08 bits per heavy atom. The van der Waals surface area contributed by atoms with Gasteiger partial charge >= 0.3 is 6.61 Å². The Hall–Kier alpha value is -3.02. The van der Waals surface area contributed by atoms with E-state index in [0.29, 0.717) is 13.0 Å². The molecule has 0 fully saturated rings. The summed E-state index contributed by atoms with van der Waals surface area (Å²) in [6.07, 6.45) is 2.58. The second-order valence-electron chi connectivity index (χ2n) is 5.79. The number of hydrogen-bond donors (Lipinski definition) is 1. The molecular formula is C20H18F2N2O2.